The van der Waals surface area contributed by atoms with Crippen LogP contribution in [0.4, 0.5) is 4.79 Å². The highest BCUT2D eigenvalue weighted by molar-refractivity contribution is 5.76. The topological polar surface area (TPSA) is 81.4 Å². The number of carbonyl (C=O) groups excluding carboxylic acids is 2. The Labute approximate surface area is 108 Å². The summed E-state index contributed by atoms with van der Waals surface area (Å²) in [5, 5.41) is 2.78. The van der Waals surface area contributed by atoms with Gasteiger partial charge in [-0.1, -0.05) is 0 Å². The molecule has 0 aromatic heterocycles. The first kappa shape index (κ1) is 14.8. The van der Waals surface area contributed by atoms with Gasteiger partial charge in [-0.05, 0) is 52.4 Å². The molecule has 0 aromatic carbocycles. The van der Waals surface area contributed by atoms with Crippen LogP contribution in [-0.4, -0.2) is 24.1 Å². The number of hydrogen-bond acceptors (Lipinski definition) is 3. The first-order chi connectivity index (χ1) is 8.28. The molecular weight excluding hydrogens is 232 g/mol. The average Bonchev–Trinajstić information content (AvgIpc) is 2.24. The lowest BCUT2D eigenvalue weighted by atomic mass is 9.82. The number of amides is 2. The van der Waals surface area contributed by atoms with Gasteiger partial charge < -0.3 is 15.8 Å². The average molecular weight is 256 g/mol. The Bertz CT molecular complexity index is 302. The fraction of sp³-hybridized carbons (Fsp3) is 0.846. The number of nitrogens with one attached hydrogen (secondary N) is 1. The molecule has 0 unspecified atom stereocenters. The number of hydrogen-bond donors (Lipinski definition) is 2. The molecule has 1 saturated carbocycles. The second-order valence-electron chi connectivity index (χ2n) is 6.00. The van der Waals surface area contributed by atoms with Crippen LogP contribution in [0.15, 0.2) is 0 Å². The van der Waals surface area contributed by atoms with Gasteiger partial charge in [0.1, 0.15) is 5.60 Å². The van der Waals surface area contributed by atoms with Crippen molar-refractivity contribution >= 4 is 12.0 Å². The maximum Gasteiger partial charge on any atom is 0.407 e. The molecule has 104 valence electrons. The summed E-state index contributed by atoms with van der Waals surface area (Å²) < 4.78 is 5.16. The smallest absolute Gasteiger partial charge is 0.407 e. The molecule has 1 fully saturated rings. The molecule has 2 amide bonds. The van der Waals surface area contributed by atoms with Gasteiger partial charge in [-0.25, -0.2) is 4.79 Å². The van der Waals surface area contributed by atoms with Crippen LogP contribution in [-0.2, 0) is 9.53 Å². The largest absolute Gasteiger partial charge is 0.444 e. The van der Waals surface area contributed by atoms with E-state index in [0.717, 1.165) is 25.7 Å². The van der Waals surface area contributed by atoms with E-state index in [1.54, 1.807) is 0 Å². The Hall–Kier alpha value is -1.26. The molecular formula is C13H24N2O3. The zero-order valence-corrected chi connectivity index (χ0v) is 11.5. The van der Waals surface area contributed by atoms with Crippen LogP contribution in [0, 0.1) is 11.8 Å². The molecule has 0 heterocycles. The summed E-state index contributed by atoms with van der Waals surface area (Å²) in [4.78, 5) is 22.5. The minimum atomic E-state index is -0.465. The van der Waals surface area contributed by atoms with E-state index in [0.29, 0.717) is 12.5 Å². The van der Waals surface area contributed by atoms with Crippen LogP contribution in [0.25, 0.3) is 0 Å². The highest BCUT2D eigenvalue weighted by Crippen LogP contribution is 2.28. The highest BCUT2D eigenvalue weighted by atomic mass is 16.6. The van der Waals surface area contributed by atoms with Crippen LogP contribution in [0.5, 0.6) is 0 Å². The van der Waals surface area contributed by atoms with Gasteiger partial charge in [0.05, 0.1) is 0 Å². The summed E-state index contributed by atoms with van der Waals surface area (Å²) in [6.07, 6.45) is 3.15. The van der Waals surface area contributed by atoms with Gasteiger partial charge >= 0.3 is 6.09 Å². The zero-order valence-electron chi connectivity index (χ0n) is 11.5. The molecule has 5 heteroatoms. The molecule has 0 radical (unpaired) electrons. The molecule has 0 aromatic rings. The second kappa shape index (κ2) is 6.07. The van der Waals surface area contributed by atoms with Crippen molar-refractivity contribution in [3.05, 3.63) is 0 Å². The fourth-order valence-electron chi connectivity index (χ4n) is 2.19. The fourth-order valence-corrected chi connectivity index (χ4v) is 2.19. The Morgan fingerprint density at radius 2 is 1.78 bits per heavy atom. The van der Waals surface area contributed by atoms with E-state index in [1.807, 2.05) is 20.8 Å². The normalized spacial score (nSPS) is 24.4. The predicted octanol–water partition coefficient (Wildman–Crippen LogP) is 1.80. The standard InChI is InChI=1S/C13H24N2O3/c1-13(2,3)18-12(17)15-8-9-4-6-10(7-5-9)11(14)16/h9-10H,4-8H2,1-3H3,(H2,14,16)(H,15,17)/t9-,10-. The third kappa shape index (κ3) is 5.38. The van der Waals surface area contributed by atoms with E-state index >= 15 is 0 Å². The summed E-state index contributed by atoms with van der Waals surface area (Å²) in [6.45, 7) is 6.13. The number of alkyl carbamates (subject to hydrolysis) is 1. The molecule has 5 nitrogen and oxygen atoms in total. The minimum Gasteiger partial charge on any atom is -0.444 e. The van der Waals surface area contributed by atoms with Crippen molar-refractivity contribution in [3.8, 4) is 0 Å². The molecule has 0 spiro atoms. The van der Waals surface area contributed by atoms with E-state index in [4.69, 9.17) is 10.5 Å². The van der Waals surface area contributed by atoms with Crippen molar-refractivity contribution in [2.75, 3.05) is 6.54 Å². The third-order valence-corrected chi connectivity index (χ3v) is 3.18. The first-order valence-electron chi connectivity index (χ1n) is 6.54. The monoisotopic (exact) mass is 256 g/mol. The van der Waals surface area contributed by atoms with Gasteiger partial charge in [-0.15, -0.1) is 0 Å². The minimum absolute atomic E-state index is 0.0165. The van der Waals surface area contributed by atoms with Gasteiger partial charge in [0.2, 0.25) is 5.91 Å². The number of rotatable bonds is 3. The van der Waals surface area contributed by atoms with Crippen molar-refractivity contribution in [3.63, 3.8) is 0 Å². The van der Waals surface area contributed by atoms with E-state index < -0.39 is 5.60 Å². The van der Waals surface area contributed by atoms with E-state index in [9.17, 15) is 9.59 Å². The number of nitrogens with two attached hydrogens (primary N) is 1. The van der Waals surface area contributed by atoms with Crippen molar-refractivity contribution in [2.45, 2.75) is 52.1 Å². The van der Waals surface area contributed by atoms with Gasteiger partial charge in [-0.2, -0.15) is 0 Å². The Kier molecular flexibility index (Phi) is 4.99. The van der Waals surface area contributed by atoms with Gasteiger partial charge in [0, 0.05) is 12.5 Å². The molecule has 0 aliphatic heterocycles. The van der Waals surface area contributed by atoms with Crippen molar-refractivity contribution in [1.82, 2.24) is 5.32 Å². The lowest BCUT2D eigenvalue weighted by molar-refractivity contribution is -0.122. The van der Waals surface area contributed by atoms with E-state index in [-0.39, 0.29) is 17.9 Å². The van der Waals surface area contributed by atoms with Crippen LogP contribution < -0.4 is 11.1 Å². The second-order valence-corrected chi connectivity index (χ2v) is 6.00. The Morgan fingerprint density at radius 1 is 1.22 bits per heavy atom. The first-order valence-corrected chi connectivity index (χ1v) is 6.54. The summed E-state index contributed by atoms with van der Waals surface area (Å²) in [5.74, 6) is 0.240. The summed E-state index contributed by atoms with van der Waals surface area (Å²) >= 11 is 0. The molecule has 1 aliphatic rings. The maximum atomic E-state index is 11.5. The summed E-state index contributed by atoms with van der Waals surface area (Å²) in [7, 11) is 0. The quantitative estimate of drug-likeness (QED) is 0.808. The van der Waals surface area contributed by atoms with Crippen LogP contribution in [0.3, 0.4) is 0 Å². The third-order valence-electron chi connectivity index (χ3n) is 3.18. The number of ether oxygens (including phenoxy) is 1. The summed E-state index contributed by atoms with van der Waals surface area (Å²) in [6, 6.07) is 0. The van der Waals surface area contributed by atoms with E-state index in [1.165, 1.54) is 0 Å². The maximum absolute atomic E-state index is 11.5. The van der Waals surface area contributed by atoms with Gasteiger partial charge in [0.15, 0.2) is 0 Å². The predicted molar refractivity (Wildman–Crippen MR) is 68.9 cm³/mol. The lowest BCUT2D eigenvalue weighted by Gasteiger charge is -2.27. The van der Waals surface area contributed by atoms with Gasteiger partial charge in [-0.3, -0.25) is 4.79 Å². The molecule has 0 saturated heterocycles. The lowest BCUT2D eigenvalue weighted by Crippen LogP contribution is -2.37. The van der Waals surface area contributed by atoms with Crippen LogP contribution >= 0.6 is 0 Å². The zero-order chi connectivity index (χ0) is 13.8. The van der Waals surface area contributed by atoms with Crippen molar-refractivity contribution < 1.29 is 14.3 Å². The molecule has 3 N–H and O–H groups in total. The van der Waals surface area contributed by atoms with Crippen LogP contribution in [0.2, 0.25) is 0 Å². The number of primary amides is 1. The van der Waals surface area contributed by atoms with Crippen molar-refractivity contribution in [1.29, 1.82) is 0 Å². The summed E-state index contributed by atoms with van der Waals surface area (Å²) in [5.41, 5.74) is 4.81. The SMILES string of the molecule is CC(C)(C)OC(=O)NC[C@H]1CC[C@H](C(N)=O)CC1. The molecule has 1 rings (SSSR count). The number of carbonyl (C=O) groups is 2. The molecule has 1 aliphatic carbocycles. The Morgan fingerprint density at radius 3 is 2.22 bits per heavy atom. The van der Waals surface area contributed by atoms with Crippen molar-refractivity contribution in [2.24, 2.45) is 17.6 Å². The van der Waals surface area contributed by atoms with Crippen LogP contribution in [0.1, 0.15) is 46.5 Å². The molecule has 0 bridgehead atoms. The van der Waals surface area contributed by atoms with Gasteiger partial charge in [0.25, 0.3) is 0 Å². The Balaban J connectivity index is 2.22. The highest BCUT2D eigenvalue weighted by Gasteiger charge is 2.25. The molecule has 18 heavy (non-hydrogen) atoms. The molecule has 0 atom stereocenters. The van der Waals surface area contributed by atoms with E-state index in [2.05, 4.69) is 5.32 Å².